The topological polar surface area (TPSA) is 17.1 Å². The SMILES string of the molecule is CCCCCCCc1cccc2cc(C(C)=O)ccc12. The predicted molar refractivity (Wildman–Crippen MR) is 86.4 cm³/mol. The smallest absolute Gasteiger partial charge is 0.159 e. The Balaban J connectivity index is 2.11. The highest BCUT2D eigenvalue weighted by Crippen LogP contribution is 2.22. The molecule has 0 spiro atoms. The first kappa shape index (κ1) is 14.8. The van der Waals surface area contributed by atoms with Crippen molar-refractivity contribution >= 4 is 16.6 Å². The number of Topliss-reactive ketones (excluding diaryl/α,β-unsaturated/α-hetero) is 1. The Kier molecular flexibility index (Phi) is 5.34. The molecule has 0 fully saturated rings. The van der Waals surface area contributed by atoms with E-state index < -0.39 is 0 Å². The molecule has 0 saturated heterocycles. The van der Waals surface area contributed by atoms with Crippen LogP contribution < -0.4 is 0 Å². The van der Waals surface area contributed by atoms with Gasteiger partial charge in [-0.1, -0.05) is 62.9 Å². The minimum atomic E-state index is 0.136. The summed E-state index contributed by atoms with van der Waals surface area (Å²) in [6.07, 6.45) is 7.69. The summed E-state index contributed by atoms with van der Waals surface area (Å²) in [5.41, 5.74) is 2.21. The van der Waals surface area contributed by atoms with Crippen LogP contribution in [-0.2, 0) is 6.42 Å². The van der Waals surface area contributed by atoms with Crippen molar-refractivity contribution in [3.8, 4) is 0 Å². The second-order valence-electron chi connectivity index (χ2n) is 5.57. The molecule has 2 rings (SSSR count). The molecule has 0 aliphatic carbocycles. The van der Waals surface area contributed by atoms with E-state index in [2.05, 4.69) is 31.2 Å². The van der Waals surface area contributed by atoms with Gasteiger partial charge in [-0.15, -0.1) is 0 Å². The van der Waals surface area contributed by atoms with Crippen LogP contribution in [0.3, 0.4) is 0 Å². The molecule has 106 valence electrons. The van der Waals surface area contributed by atoms with Gasteiger partial charge in [-0.3, -0.25) is 4.79 Å². The van der Waals surface area contributed by atoms with Crippen molar-refractivity contribution in [2.75, 3.05) is 0 Å². The summed E-state index contributed by atoms with van der Waals surface area (Å²) >= 11 is 0. The molecule has 2 aromatic rings. The number of aryl methyl sites for hydroxylation is 1. The summed E-state index contributed by atoms with van der Waals surface area (Å²) in [6, 6.07) is 12.5. The van der Waals surface area contributed by atoms with Crippen LogP contribution in [0.15, 0.2) is 36.4 Å². The minimum Gasteiger partial charge on any atom is -0.295 e. The van der Waals surface area contributed by atoms with Crippen molar-refractivity contribution in [1.29, 1.82) is 0 Å². The van der Waals surface area contributed by atoms with Crippen molar-refractivity contribution in [3.63, 3.8) is 0 Å². The Bertz CT molecular complexity index is 583. The molecule has 1 nitrogen and oxygen atoms in total. The van der Waals surface area contributed by atoms with Gasteiger partial charge >= 0.3 is 0 Å². The number of rotatable bonds is 7. The fourth-order valence-electron chi connectivity index (χ4n) is 2.71. The van der Waals surface area contributed by atoms with Crippen molar-refractivity contribution in [2.45, 2.75) is 52.4 Å². The lowest BCUT2D eigenvalue weighted by molar-refractivity contribution is 0.101. The van der Waals surface area contributed by atoms with Crippen molar-refractivity contribution < 1.29 is 4.79 Å². The fourth-order valence-corrected chi connectivity index (χ4v) is 2.71. The lowest BCUT2D eigenvalue weighted by atomic mass is 9.97. The van der Waals surface area contributed by atoms with Crippen molar-refractivity contribution in [3.05, 3.63) is 47.5 Å². The van der Waals surface area contributed by atoms with Gasteiger partial charge in [0.2, 0.25) is 0 Å². The molecule has 0 atom stereocenters. The summed E-state index contributed by atoms with van der Waals surface area (Å²) in [6.45, 7) is 3.87. The lowest BCUT2D eigenvalue weighted by Gasteiger charge is -2.08. The molecule has 0 aromatic heterocycles. The molecule has 2 aromatic carbocycles. The molecular formula is C19H24O. The van der Waals surface area contributed by atoms with E-state index in [-0.39, 0.29) is 5.78 Å². The standard InChI is InChI=1S/C19H24O/c1-3-4-5-6-7-9-16-10-8-11-18-14-17(15(2)20)12-13-19(16)18/h8,10-14H,3-7,9H2,1-2H3. The van der Waals surface area contributed by atoms with Crippen LogP contribution in [0.4, 0.5) is 0 Å². The Hall–Kier alpha value is -1.63. The molecule has 0 N–H and O–H groups in total. The number of fused-ring (bicyclic) bond motifs is 1. The van der Waals surface area contributed by atoms with Gasteiger partial charge in [0.05, 0.1) is 0 Å². The van der Waals surface area contributed by atoms with Crippen LogP contribution >= 0.6 is 0 Å². The zero-order chi connectivity index (χ0) is 14.4. The van der Waals surface area contributed by atoms with Gasteiger partial charge in [-0.2, -0.15) is 0 Å². The maximum absolute atomic E-state index is 11.4. The molecule has 0 radical (unpaired) electrons. The largest absolute Gasteiger partial charge is 0.295 e. The van der Waals surface area contributed by atoms with Gasteiger partial charge in [0.1, 0.15) is 0 Å². The second-order valence-corrected chi connectivity index (χ2v) is 5.57. The predicted octanol–water partition coefficient (Wildman–Crippen LogP) is 5.56. The molecule has 1 heteroatoms. The van der Waals surface area contributed by atoms with E-state index in [9.17, 15) is 4.79 Å². The van der Waals surface area contributed by atoms with Crippen LogP contribution in [0.1, 0.15) is 61.9 Å². The molecular weight excluding hydrogens is 244 g/mol. The zero-order valence-corrected chi connectivity index (χ0v) is 12.6. The first-order valence-electron chi connectivity index (χ1n) is 7.75. The van der Waals surface area contributed by atoms with E-state index in [1.165, 1.54) is 48.4 Å². The third-order valence-corrected chi connectivity index (χ3v) is 3.93. The molecule has 0 bridgehead atoms. The Morgan fingerprint density at radius 1 is 1.00 bits per heavy atom. The van der Waals surface area contributed by atoms with Crippen molar-refractivity contribution in [2.24, 2.45) is 0 Å². The van der Waals surface area contributed by atoms with E-state index in [1.807, 2.05) is 12.1 Å². The maximum Gasteiger partial charge on any atom is 0.159 e. The van der Waals surface area contributed by atoms with Crippen LogP contribution in [0, 0.1) is 0 Å². The number of carbonyl (C=O) groups is 1. The van der Waals surface area contributed by atoms with Gasteiger partial charge in [0, 0.05) is 5.56 Å². The first-order chi connectivity index (χ1) is 9.72. The summed E-state index contributed by atoms with van der Waals surface area (Å²) in [5, 5.41) is 2.48. The van der Waals surface area contributed by atoms with Crippen LogP contribution in [0.5, 0.6) is 0 Å². The summed E-state index contributed by atoms with van der Waals surface area (Å²) in [5.74, 6) is 0.136. The van der Waals surface area contributed by atoms with E-state index >= 15 is 0 Å². The number of unbranched alkanes of at least 4 members (excludes halogenated alkanes) is 4. The fraction of sp³-hybridized carbons (Fsp3) is 0.421. The van der Waals surface area contributed by atoms with Crippen LogP contribution in [0.2, 0.25) is 0 Å². The molecule has 0 heterocycles. The third kappa shape index (κ3) is 3.69. The number of ketones is 1. The van der Waals surface area contributed by atoms with Gasteiger partial charge < -0.3 is 0 Å². The highest BCUT2D eigenvalue weighted by molar-refractivity contribution is 5.99. The molecule has 0 unspecified atom stereocenters. The molecule has 0 aliphatic rings. The van der Waals surface area contributed by atoms with Gasteiger partial charge in [0.25, 0.3) is 0 Å². The quantitative estimate of drug-likeness (QED) is 0.475. The molecule has 20 heavy (non-hydrogen) atoms. The number of hydrogen-bond donors (Lipinski definition) is 0. The van der Waals surface area contributed by atoms with E-state index in [4.69, 9.17) is 0 Å². The second kappa shape index (κ2) is 7.23. The average Bonchev–Trinajstić information content (AvgIpc) is 2.46. The van der Waals surface area contributed by atoms with Crippen LogP contribution in [0.25, 0.3) is 10.8 Å². The average molecular weight is 268 g/mol. The lowest BCUT2D eigenvalue weighted by Crippen LogP contribution is -1.93. The molecule has 0 amide bonds. The monoisotopic (exact) mass is 268 g/mol. The summed E-state index contributed by atoms with van der Waals surface area (Å²) in [7, 11) is 0. The summed E-state index contributed by atoms with van der Waals surface area (Å²) < 4.78 is 0. The van der Waals surface area contributed by atoms with E-state index in [0.29, 0.717) is 0 Å². The Morgan fingerprint density at radius 2 is 1.80 bits per heavy atom. The molecule has 0 saturated carbocycles. The van der Waals surface area contributed by atoms with Crippen LogP contribution in [-0.4, -0.2) is 5.78 Å². The number of hydrogen-bond acceptors (Lipinski definition) is 1. The normalized spacial score (nSPS) is 10.9. The number of benzene rings is 2. The highest BCUT2D eigenvalue weighted by atomic mass is 16.1. The molecule has 0 aliphatic heterocycles. The van der Waals surface area contributed by atoms with Crippen molar-refractivity contribution in [1.82, 2.24) is 0 Å². The van der Waals surface area contributed by atoms with Gasteiger partial charge in [-0.05, 0) is 42.2 Å². The highest BCUT2D eigenvalue weighted by Gasteiger charge is 2.04. The van der Waals surface area contributed by atoms with Gasteiger partial charge in [0.15, 0.2) is 5.78 Å². The zero-order valence-electron chi connectivity index (χ0n) is 12.6. The maximum atomic E-state index is 11.4. The first-order valence-corrected chi connectivity index (χ1v) is 7.75. The van der Waals surface area contributed by atoms with Gasteiger partial charge in [-0.25, -0.2) is 0 Å². The van der Waals surface area contributed by atoms with E-state index in [0.717, 1.165) is 12.0 Å². The number of carbonyl (C=O) groups excluding carboxylic acids is 1. The van der Waals surface area contributed by atoms with E-state index in [1.54, 1.807) is 6.92 Å². The Morgan fingerprint density at radius 3 is 2.55 bits per heavy atom. The minimum absolute atomic E-state index is 0.136. The Labute approximate surface area is 122 Å². The summed E-state index contributed by atoms with van der Waals surface area (Å²) in [4.78, 5) is 11.4. The third-order valence-electron chi connectivity index (χ3n) is 3.93.